The lowest BCUT2D eigenvalue weighted by atomic mass is 9.87. The van der Waals surface area contributed by atoms with Gasteiger partial charge in [0, 0.05) is 0 Å². The molecule has 0 radical (unpaired) electrons. The molecule has 1 aromatic carbocycles. The van der Waals surface area contributed by atoms with Gasteiger partial charge in [0.25, 0.3) is 0 Å². The summed E-state index contributed by atoms with van der Waals surface area (Å²) in [6.07, 6.45) is 1.78. The predicted octanol–water partition coefficient (Wildman–Crippen LogP) is 0.936. The van der Waals surface area contributed by atoms with Gasteiger partial charge >= 0.3 is 0 Å². The number of benzene rings is 1. The number of hydrogen-bond donors (Lipinski definition) is 4. The quantitative estimate of drug-likeness (QED) is 0.469. The van der Waals surface area contributed by atoms with Gasteiger partial charge < -0.3 is 30.1 Å². The smallest absolute Gasteiger partial charge is 0.167 e. The average Bonchev–Trinajstić information content (AvgIpc) is 3.35. The molecule has 5 atom stereocenters. The van der Waals surface area contributed by atoms with Crippen LogP contribution in [0.3, 0.4) is 0 Å². The summed E-state index contributed by atoms with van der Waals surface area (Å²) in [4.78, 5) is 13.2. The van der Waals surface area contributed by atoms with Crippen LogP contribution in [0.2, 0.25) is 0 Å². The third kappa shape index (κ3) is 3.41. The van der Waals surface area contributed by atoms with E-state index < -0.39 is 31.1 Å². The number of aryl methyl sites for hydroxylation is 1. The second-order valence-electron chi connectivity index (χ2n) is 7.93. The molecule has 3 heterocycles. The van der Waals surface area contributed by atoms with Crippen molar-refractivity contribution in [2.75, 3.05) is 19.0 Å². The fourth-order valence-electron chi connectivity index (χ4n) is 4.47. The maximum absolute atomic E-state index is 10.4. The lowest BCUT2D eigenvalue weighted by Crippen LogP contribution is -2.33. The number of aromatic nitrogens is 4. The van der Waals surface area contributed by atoms with E-state index in [0.29, 0.717) is 17.0 Å². The Bertz CT molecular complexity index is 1090. The lowest BCUT2D eigenvalue weighted by Gasteiger charge is -2.27. The standard InChI is InChI=1S/C21H25N5O5/c1-30-12-6-5-11-3-2-4-14(13(11)7-12)25-19-16-20(23-9-22-19)26(10-24-16)21-18(29)17(28)15(8-27)31-21/h5-7,9-10,14-15,17-18,21,27-29H,2-4,8H2,1H3,(H,22,23,25)/t14?,15-,17-,18-,21+/m1/s1. The molecule has 10 nitrogen and oxygen atoms in total. The molecule has 2 aliphatic rings. The molecule has 1 saturated heterocycles. The number of fused-ring (bicyclic) bond motifs is 2. The highest BCUT2D eigenvalue weighted by Crippen LogP contribution is 2.36. The van der Waals surface area contributed by atoms with Crippen LogP contribution in [0.5, 0.6) is 5.75 Å². The maximum atomic E-state index is 10.4. The van der Waals surface area contributed by atoms with E-state index in [1.54, 1.807) is 11.7 Å². The Kier molecular flexibility index (Phi) is 5.22. The zero-order valence-corrected chi connectivity index (χ0v) is 17.0. The molecule has 10 heteroatoms. The molecule has 164 valence electrons. The SMILES string of the molecule is COc1ccc2c(c1)C(Nc1ncnc3c1ncn3[C@H]1O[C@H](CO)[C@@H](O)[C@H]1O)CCC2. The second-order valence-corrected chi connectivity index (χ2v) is 7.93. The van der Waals surface area contributed by atoms with E-state index in [2.05, 4.69) is 32.4 Å². The van der Waals surface area contributed by atoms with Crippen molar-refractivity contribution in [3.63, 3.8) is 0 Å². The van der Waals surface area contributed by atoms with Gasteiger partial charge in [-0.1, -0.05) is 6.07 Å². The fraction of sp³-hybridized carbons (Fsp3) is 0.476. The van der Waals surface area contributed by atoms with Crippen LogP contribution in [-0.2, 0) is 11.2 Å². The number of ether oxygens (including phenoxy) is 2. The number of hydrogen-bond acceptors (Lipinski definition) is 9. The molecule has 0 bridgehead atoms. The highest BCUT2D eigenvalue weighted by molar-refractivity contribution is 5.83. The molecule has 1 unspecified atom stereocenters. The first-order chi connectivity index (χ1) is 15.1. The molecule has 1 aliphatic carbocycles. The highest BCUT2D eigenvalue weighted by atomic mass is 16.6. The number of aliphatic hydroxyl groups is 3. The van der Waals surface area contributed by atoms with Crippen LogP contribution in [0.4, 0.5) is 5.82 Å². The van der Waals surface area contributed by atoms with E-state index in [-0.39, 0.29) is 6.04 Å². The largest absolute Gasteiger partial charge is 0.497 e. The van der Waals surface area contributed by atoms with Crippen LogP contribution in [0.25, 0.3) is 11.2 Å². The van der Waals surface area contributed by atoms with Gasteiger partial charge in [0.15, 0.2) is 23.2 Å². The van der Waals surface area contributed by atoms with Crippen LogP contribution < -0.4 is 10.1 Å². The number of nitrogens with zero attached hydrogens (tertiary/aromatic N) is 4. The summed E-state index contributed by atoms with van der Waals surface area (Å²) >= 11 is 0. The Hall–Kier alpha value is -2.79. The minimum Gasteiger partial charge on any atom is -0.497 e. The number of nitrogens with one attached hydrogen (secondary N) is 1. The monoisotopic (exact) mass is 427 g/mol. The van der Waals surface area contributed by atoms with Crippen molar-refractivity contribution in [2.45, 2.75) is 49.8 Å². The number of anilines is 1. The first kappa shape index (κ1) is 20.1. The van der Waals surface area contributed by atoms with Gasteiger partial charge in [0.05, 0.1) is 26.1 Å². The highest BCUT2D eigenvalue weighted by Gasteiger charge is 2.44. The summed E-state index contributed by atoms with van der Waals surface area (Å²) in [6, 6.07) is 6.19. The van der Waals surface area contributed by atoms with Crippen molar-refractivity contribution < 1.29 is 24.8 Å². The second kappa shape index (κ2) is 8.04. The van der Waals surface area contributed by atoms with Crippen LogP contribution in [0.15, 0.2) is 30.9 Å². The van der Waals surface area contributed by atoms with E-state index in [0.717, 1.165) is 25.0 Å². The number of rotatable bonds is 5. The molecule has 1 fully saturated rings. The number of aliphatic hydroxyl groups excluding tert-OH is 3. The van der Waals surface area contributed by atoms with E-state index in [1.807, 2.05) is 6.07 Å². The minimum atomic E-state index is -1.21. The average molecular weight is 427 g/mol. The van der Waals surface area contributed by atoms with Crippen LogP contribution in [0, 0.1) is 0 Å². The maximum Gasteiger partial charge on any atom is 0.167 e. The van der Waals surface area contributed by atoms with Crippen molar-refractivity contribution >= 4 is 17.0 Å². The molecule has 1 aliphatic heterocycles. The van der Waals surface area contributed by atoms with E-state index in [9.17, 15) is 15.3 Å². The molecule has 4 N–H and O–H groups in total. The zero-order valence-electron chi connectivity index (χ0n) is 17.0. The summed E-state index contributed by atoms with van der Waals surface area (Å²) in [5, 5.41) is 33.3. The Morgan fingerprint density at radius 1 is 1.23 bits per heavy atom. The van der Waals surface area contributed by atoms with Crippen molar-refractivity contribution in [1.82, 2.24) is 19.5 Å². The first-order valence-corrected chi connectivity index (χ1v) is 10.3. The summed E-state index contributed by atoms with van der Waals surface area (Å²) in [6.45, 7) is -0.395. The molecule has 0 amide bonds. The molecule has 0 spiro atoms. The van der Waals surface area contributed by atoms with Gasteiger partial charge in [0.1, 0.15) is 30.4 Å². The lowest BCUT2D eigenvalue weighted by molar-refractivity contribution is -0.0511. The summed E-state index contributed by atoms with van der Waals surface area (Å²) < 4.78 is 12.6. The van der Waals surface area contributed by atoms with Crippen LogP contribution >= 0.6 is 0 Å². The van der Waals surface area contributed by atoms with E-state index >= 15 is 0 Å². The Morgan fingerprint density at radius 2 is 2.10 bits per heavy atom. The zero-order chi connectivity index (χ0) is 21.5. The van der Waals surface area contributed by atoms with Gasteiger partial charge in [0.2, 0.25) is 0 Å². The summed E-state index contributed by atoms with van der Waals surface area (Å²) in [5.74, 6) is 1.39. The molecule has 31 heavy (non-hydrogen) atoms. The van der Waals surface area contributed by atoms with Gasteiger partial charge in [-0.05, 0) is 42.5 Å². The van der Waals surface area contributed by atoms with Gasteiger partial charge in [-0.25, -0.2) is 15.0 Å². The molecule has 2 aromatic heterocycles. The van der Waals surface area contributed by atoms with Gasteiger partial charge in [-0.3, -0.25) is 4.57 Å². The Morgan fingerprint density at radius 3 is 2.87 bits per heavy atom. The van der Waals surface area contributed by atoms with Crippen molar-refractivity contribution in [2.24, 2.45) is 0 Å². The van der Waals surface area contributed by atoms with E-state index in [4.69, 9.17) is 9.47 Å². The summed E-state index contributed by atoms with van der Waals surface area (Å²) in [7, 11) is 1.66. The molecular weight excluding hydrogens is 402 g/mol. The minimum absolute atomic E-state index is 0.0519. The van der Waals surface area contributed by atoms with Gasteiger partial charge in [-0.2, -0.15) is 0 Å². The molecular formula is C21H25N5O5. The van der Waals surface area contributed by atoms with Crippen LogP contribution in [-0.4, -0.2) is 66.9 Å². The molecule has 3 aromatic rings. The molecule has 5 rings (SSSR count). The Labute approximate surface area is 178 Å². The summed E-state index contributed by atoms with van der Waals surface area (Å²) in [5.41, 5.74) is 3.47. The van der Waals surface area contributed by atoms with Gasteiger partial charge in [-0.15, -0.1) is 0 Å². The normalized spacial score (nSPS) is 27.9. The third-order valence-electron chi connectivity index (χ3n) is 6.13. The third-order valence-corrected chi connectivity index (χ3v) is 6.13. The first-order valence-electron chi connectivity index (χ1n) is 10.3. The number of imidazole rings is 1. The topological polar surface area (TPSA) is 135 Å². The van der Waals surface area contributed by atoms with Crippen molar-refractivity contribution in [3.05, 3.63) is 42.0 Å². The fourth-order valence-corrected chi connectivity index (χ4v) is 4.47. The Balaban J connectivity index is 1.47. The molecule has 0 saturated carbocycles. The number of methoxy groups -OCH3 is 1. The van der Waals surface area contributed by atoms with Crippen molar-refractivity contribution in [1.29, 1.82) is 0 Å². The van der Waals surface area contributed by atoms with Crippen LogP contribution in [0.1, 0.15) is 36.2 Å². The van der Waals surface area contributed by atoms with E-state index in [1.165, 1.54) is 23.8 Å². The predicted molar refractivity (Wildman–Crippen MR) is 111 cm³/mol. The van der Waals surface area contributed by atoms with Crippen molar-refractivity contribution in [3.8, 4) is 5.75 Å².